The zero-order valence-electron chi connectivity index (χ0n) is 14.3. The third-order valence-electron chi connectivity index (χ3n) is 4.66. The molecule has 0 radical (unpaired) electrons. The predicted molar refractivity (Wildman–Crippen MR) is 97.9 cm³/mol. The molecule has 3 aromatic rings. The lowest BCUT2D eigenvalue weighted by Gasteiger charge is -2.13. The van der Waals surface area contributed by atoms with Gasteiger partial charge in [0.1, 0.15) is 0 Å². The average molecular weight is 348 g/mol. The number of hydrogen-bond donors (Lipinski definition) is 1. The molecule has 2 aromatic carbocycles. The van der Waals surface area contributed by atoms with Crippen LogP contribution >= 0.6 is 0 Å². The minimum absolute atomic E-state index is 0.102. The zero-order valence-corrected chi connectivity index (χ0v) is 14.3. The molecule has 1 saturated heterocycles. The van der Waals surface area contributed by atoms with Crippen LogP contribution in [-0.4, -0.2) is 50.4 Å². The summed E-state index contributed by atoms with van der Waals surface area (Å²) in [5.74, 6) is 0.779. The molecular weight excluding hydrogens is 328 g/mol. The fourth-order valence-corrected chi connectivity index (χ4v) is 3.23. The summed E-state index contributed by atoms with van der Waals surface area (Å²) in [4.78, 5) is 19.1. The number of aliphatic hydroxyl groups is 1. The van der Waals surface area contributed by atoms with E-state index in [1.54, 1.807) is 9.58 Å². The maximum Gasteiger partial charge on any atom is 0.293 e. The summed E-state index contributed by atoms with van der Waals surface area (Å²) in [7, 11) is 0. The van der Waals surface area contributed by atoms with Crippen LogP contribution in [0.3, 0.4) is 0 Å². The van der Waals surface area contributed by atoms with Crippen LogP contribution in [0, 0.1) is 5.92 Å². The highest BCUT2D eigenvalue weighted by Crippen LogP contribution is 2.23. The Labute approximate surface area is 151 Å². The van der Waals surface area contributed by atoms with Crippen molar-refractivity contribution in [1.29, 1.82) is 0 Å². The molecule has 26 heavy (non-hydrogen) atoms. The second kappa shape index (κ2) is 7.09. The monoisotopic (exact) mass is 348 g/mol. The highest BCUT2D eigenvalue weighted by atomic mass is 16.3. The standard InChI is InChI=1S/C20H20N4O2/c25-14-15-11-12-23(13-15)20(26)18-21-19(16-7-3-1-4-8-16)24(22-18)17-9-5-2-6-10-17/h1-10,15,25H,11-14H2. The number of carbonyl (C=O) groups is 1. The van der Waals surface area contributed by atoms with Crippen molar-refractivity contribution in [3.05, 3.63) is 66.5 Å². The molecule has 0 spiro atoms. The number of aromatic nitrogens is 3. The highest BCUT2D eigenvalue weighted by molar-refractivity contribution is 5.91. The first-order chi connectivity index (χ1) is 12.8. The molecule has 4 rings (SSSR count). The molecule has 1 aliphatic heterocycles. The maximum absolute atomic E-state index is 12.8. The van der Waals surface area contributed by atoms with E-state index < -0.39 is 0 Å². The molecule has 0 saturated carbocycles. The third-order valence-corrected chi connectivity index (χ3v) is 4.66. The van der Waals surface area contributed by atoms with E-state index in [9.17, 15) is 9.90 Å². The molecule has 0 bridgehead atoms. The Balaban J connectivity index is 1.73. The van der Waals surface area contributed by atoms with Crippen LogP contribution in [0.25, 0.3) is 17.1 Å². The summed E-state index contributed by atoms with van der Waals surface area (Å²) in [6, 6.07) is 19.4. The lowest BCUT2D eigenvalue weighted by Crippen LogP contribution is -2.30. The van der Waals surface area contributed by atoms with Crippen LogP contribution in [0.4, 0.5) is 0 Å². The first-order valence-corrected chi connectivity index (χ1v) is 8.74. The van der Waals surface area contributed by atoms with E-state index in [4.69, 9.17) is 0 Å². The van der Waals surface area contributed by atoms with Crippen LogP contribution in [0.2, 0.25) is 0 Å². The van der Waals surface area contributed by atoms with Gasteiger partial charge in [-0.05, 0) is 18.6 Å². The van der Waals surface area contributed by atoms with Crippen molar-refractivity contribution in [3.8, 4) is 17.1 Å². The number of hydrogen-bond acceptors (Lipinski definition) is 4. The van der Waals surface area contributed by atoms with E-state index >= 15 is 0 Å². The van der Waals surface area contributed by atoms with Gasteiger partial charge in [-0.25, -0.2) is 9.67 Å². The van der Waals surface area contributed by atoms with Gasteiger partial charge in [0.05, 0.1) is 5.69 Å². The molecule has 1 amide bonds. The number of likely N-dealkylation sites (tertiary alicyclic amines) is 1. The first kappa shape index (κ1) is 16.5. The van der Waals surface area contributed by atoms with Crippen molar-refractivity contribution in [2.24, 2.45) is 5.92 Å². The number of aliphatic hydroxyl groups excluding tert-OH is 1. The van der Waals surface area contributed by atoms with Crippen LogP contribution < -0.4 is 0 Å². The Hall–Kier alpha value is -2.99. The largest absolute Gasteiger partial charge is 0.396 e. The van der Waals surface area contributed by atoms with E-state index in [1.165, 1.54) is 0 Å². The number of benzene rings is 2. The van der Waals surface area contributed by atoms with E-state index in [0.29, 0.717) is 18.9 Å². The minimum Gasteiger partial charge on any atom is -0.396 e. The van der Waals surface area contributed by atoms with Crippen molar-refractivity contribution in [3.63, 3.8) is 0 Å². The van der Waals surface area contributed by atoms with Crippen LogP contribution in [-0.2, 0) is 0 Å². The van der Waals surface area contributed by atoms with Gasteiger partial charge in [0.2, 0.25) is 5.82 Å². The van der Waals surface area contributed by atoms with Crippen molar-refractivity contribution < 1.29 is 9.90 Å². The summed E-state index contributed by atoms with van der Waals surface area (Å²) >= 11 is 0. The van der Waals surface area contributed by atoms with Gasteiger partial charge in [0, 0.05) is 31.2 Å². The fourth-order valence-electron chi connectivity index (χ4n) is 3.23. The summed E-state index contributed by atoms with van der Waals surface area (Å²) in [6.45, 7) is 1.28. The molecule has 1 atom stereocenters. The Morgan fingerprint density at radius 3 is 2.42 bits per heavy atom. The highest BCUT2D eigenvalue weighted by Gasteiger charge is 2.29. The number of nitrogens with zero attached hydrogens (tertiary/aromatic N) is 4. The Bertz CT molecular complexity index is 836. The molecule has 1 aromatic heterocycles. The van der Waals surface area contributed by atoms with Crippen LogP contribution in [0.5, 0.6) is 0 Å². The molecule has 1 fully saturated rings. The van der Waals surface area contributed by atoms with Crippen molar-refractivity contribution in [1.82, 2.24) is 19.7 Å². The lowest BCUT2D eigenvalue weighted by molar-refractivity contribution is 0.0770. The maximum atomic E-state index is 12.8. The smallest absolute Gasteiger partial charge is 0.293 e. The third kappa shape index (κ3) is 3.11. The molecule has 1 aliphatic rings. The molecule has 2 heterocycles. The number of para-hydroxylation sites is 1. The van der Waals surface area contributed by atoms with Crippen molar-refractivity contribution in [2.45, 2.75) is 6.42 Å². The summed E-state index contributed by atoms with van der Waals surface area (Å²) in [6.07, 6.45) is 0.813. The topological polar surface area (TPSA) is 71.2 Å². The van der Waals surface area contributed by atoms with Gasteiger partial charge in [-0.2, -0.15) is 0 Å². The fraction of sp³-hybridized carbons (Fsp3) is 0.250. The van der Waals surface area contributed by atoms with Crippen molar-refractivity contribution in [2.75, 3.05) is 19.7 Å². The molecule has 6 heteroatoms. The summed E-state index contributed by atoms with van der Waals surface area (Å²) in [5.41, 5.74) is 1.75. The van der Waals surface area contributed by atoms with Gasteiger partial charge >= 0.3 is 0 Å². The summed E-state index contributed by atoms with van der Waals surface area (Å²) in [5, 5.41) is 13.8. The van der Waals surface area contributed by atoms with Crippen LogP contribution in [0.1, 0.15) is 17.0 Å². The van der Waals surface area contributed by atoms with Crippen molar-refractivity contribution >= 4 is 5.91 Å². The predicted octanol–water partition coefficient (Wildman–Crippen LogP) is 2.39. The van der Waals surface area contributed by atoms with E-state index in [-0.39, 0.29) is 24.3 Å². The first-order valence-electron chi connectivity index (χ1n) is 8.74. The van der Waals surface area contributed by atoms with Gasteiger partial charge in [-0.15, -0.1) is 5.10 Å². The average Bonchev–Trinajstić information content (AvgIpc) is 3.36. The number of amides is 1. The molecule has 132 valence electrons. The van der Waals surface area contributed by atoms with E-state index in [0.717, 1.165) is 17.7 Å². The van der Waals surface area contributed by atoms with Gasteiger partial charge in [-0.1, -0.05) is 48.5 Å². The second-order valence-corrected chi connectivity index (χ2v) is 6.46. The molecule has 1 unspecified atom stereocenters. The molecule has 1 N–H and O–H groups in total. The molecule has 6 nitrogen and oxygen atoms in total. The Kier molecular flexibility index (Phi) is 4.50. The normalized spacial score (nSPS) is 16.8. The quantitative estimate of drug-likeness (QED) is 0.786. The minimum atomic E-state index is -0.187. The van der Waals surface area contributed by atoms with Gasteiger partial charge < -0.3 is 10.0 Å². The Morgan fingerprint density at radius 1 is 1.08 bits per heavy atom. The van der Waals surface area contributed by atoms with E-state index in [2.05, 4.69) is 10.1 Å². The Morgan fingerprint density at radius 2 is 1.77 bits per heavy atom. The zero-order chi connectivity index (χ0) is 17.9. The SMILES string of the molecule is O=C(c1nc(-c2ccccc2)n(-c2ccccc2)n1)N1CCC(CO)C1. The van der Waals surface area contributed by atoms with Crippen LogP contribution in [0.15, 0.2) is 60.7 Å². The number of rotatable bonds is 4. The molecular formula is C20H20N4O2. The van der Waals surface area contributed by atoms with Gasteiger partial charge in [0.15, 0.2) is 5.82 Å². The summed E-state index contributed by atoms with van der Waals surface area (Å²) < 4.78 is 1.71. The second-order valence-electron chi connectivity index (χ2n) is 6.46. The van der Waals surface area contributed by atoms with Gasteiger partial charge in [0.25, 0.3) is 5.91 Å². The molecule has 0 aliphatic carbocycles. The number of carbonyl (C=O) groups excluding carboxylic acids is 1. The lowest BCUT2D eigenvalue weighted by atomic mass is 10.1. The van der Waals surface area contributed by atoms with Gasteiger partial charge in [-0.3, -0.25) is 4.79 Å². The van der Waals surface area contributed by atoms with E-state index in [1.807, 2.05) is 60.7 Å².